The van der Waals surface area contributed by atoms with Crippen molar-refractivity contribution in [1.29, 1.82) is 0 Å². The molecule has 1 aromatic heterocycles. The molecule has 0 bridgehead atoms. The largest absolute Gasteiger partial charge is 0.493 e. The average molecular weight is 473 g/mol. The van der Waals surface area contributed by atoms with Gasteiger partial charge >= 0.3 is 0 Å². The van der Waals surface area contributed by atoms with Crippen LogP contribution in [-0.4, -0.2) is 47.7 Å². The molecule has 1 aliphatic heterocycles. The minimum atomic E-state index is -0.468. The van der Waals surface area contributed by atoms with Crippen LogP contribution in [0.5, 0.6) is 11.5 Å². The summed E-state index contributed by atoms with van der Waals surface area (Å²) >= 11 is 5.92. The Hall–Kier alpha value is -2.64. The number of nitrogens with zero attached hydrogens (tertiary/aromatic N) is 3. The van der Waals surface area contributed by atoms with Crippen LogP contribution in [0.4, 0.5) is 15.9 Å². The molecule has 1 aliphatic rings. The highest BCUT2D eigenvalue weighted by molar-refractivity contribution is 6.31. The minimum Gasteiger partial charge on any atom is -0.493 e. The quantitative estimate of drug-likeness (QED) is 0.374. The van der Waals surface area contributed by atoms with Crippen LogP contribution in [0.3, 0.4) is 0 Å². The molecular formula is C25H30ClFN4O2. The summed E-state index contributed by atoms with van der Waals surface area (Å²) in [5.74, 6) is 1.38. The number of anilines is 2. The second-order valence-corrected chi connectivity index (χ2v) is 8.70. The molecule has 1 N–H and O–H groups in total. The van der Waals surface area contributed by atoms with Crippen molar-refractivity contribution in [2.75, 3.05) is 32.1 Å². The first-order chi connectivity index (χ1) is 16.1. The Balaban J connectivity index is 1.49. The van der Waals surface area contributed by atoms with E-state index in [1.165, 1.54) is 50.7 Å². The van der Waals surface area contributed by atoms with E-state index >= 15 is 0 Å². The lowest BCUT2D eigenvalue weighted by Gasteiger charge is -2.35. The maximum atomic E-state index is 13.5. The van der Waals surface area contributed by atoms with E-state index in [9.17, 15) is 4.39 Å². The monoisotopic (exact) mass is 472 g/mol. The van der Waals surface area contributed by atoms with E-state index in [0.29, 0.717) is 41.2 Å². The lowest BCUT2D eigenvalue weighted by molar-refractivity contribution is 0.133. The topological polar surface area (TPSA) is 59.5 Å². The molecule has 6 nitrogen and oxygen atoms in total. The molecule has 0 unspecified atom stereocenters. The van der Waals surface area contributed by atoms with Crippen molar-refractivity contribution in [1.82, 2.24) is 14.9 Å². The van der Waals surface area contributed by atoms with E-state index in [4.69, 9.17) is 21.1 Å². The smallest absolute Gasteiger partial charge is 0.162 e. The fourth-order valence-corrected chi connectivity index (χ4v) is 4.59. The number of piperidine rings is 1. The molecule has 3 aromatic rings. The normalized spacial score (nSPS) is 16.7. The van der Waals surface area contributed by atoms with Gasteiger partial charge in [-0.2, -0.15) is 0 Å². The van der Waals surface area contributed by atoms with Crippen LogP contribution >= 0.6 is 11.6 Å². The highest BCUT2D eigenvalue weighted by atomic mass is 35.5. The van der Waals surface area contributed by atoms with Crippen LogP contribution in [0.25, 0.3) is 10.9 Å². The maximum Gasteiger partial charge on any atom is 0.162 e. The maximum absolute atomic E-state index is 13.5. The number of aromatic nitrogens is 2. The standard InChI is InChI=1S/C25H30ClFN4O2/c1-3-18-7-4-5-10-31(18)11-6-12-33-24-14-19-22(15-23(24)32-2)28-16-29-25(19)30-17-8-9-21(27)20(26)13-17/h8-9,13-16,18H,3-7,10-12H2,1-2H3,(H,28,29,30)/t18-/m1/s1. The molecule has 0 saturated carbocycles. The zero-order valence-electron chi connectivity index (χ0n) is 19.1. The van der Waals surface area contributed by atoms with E-state index in [1.807, 2.05) is 12.1 Å². The van der Waals surface area contributed by atoms with Crippen LogP contribution in [0.15, 0.2) is 36.7 Å². The average Bonchev–Trinajstić information content (AvgIpc) is 2.84. The third kappa shape index (κ3) is 5.65. The molecule has 0 radical (unpaired) electrons. The molecule has 4 rings (SSSR count). The van der Waals surface area contributed by atoms with E-state index in [-0.39, 0.29) is 5.02 Å². The van der Waals surface area contributed by atoms with Gasteiger partial charge in [0.2, 0.25) is 0 Å². The first-order valence-electron chi connectivity index (χ1n) is 11.5. The van der Waals surface area contributed by atoms with E-state index in [2.05, 4.69) is 27.1 Å². The molecule has 33 heavy (non-hydrogen) atoms. The van der Waals surface area contributed by atoms with Gasteiger partial charge in [0.15, 0.2) is 11.5 Å². The van der Waals surface area contributed by atoms with Crippen LogP contribution in [0.1, 0.15) is 39.0 Å². The number of likely N-dealkylation sites (tertiary alicyclic amines) is 1. The second-order valence-electron chi connectivity index (χ2n) is 8.29. The van der Waals surface area contributed by atoms with E-state index in [0.717, 1.165) is 18.4 Å². The fourth-order valence-electron chi connectivity index (χ4n) is 4.41. The molecule has 2 heterocycles. The molecule has 2 aromatic carbocycles. The van der Waals surface area contributed by atoms with Gasteiger partial charge in [-0.05, 0) is 56.5 Å². The highest BCUT2D eigenvalue weighted by Crippen LogP contribution is 2.35. The molecule has 1 saturated heterocycles. The van der Waals surface area contributed by atoms with Crippen molar-refractivity contribution < 1.29 is 13.9 Å². The lowest BCUT2D eigenvalue weighted by Crippen LogP contribution is -2.40. The molecule has 176 valence electrons. The van der Waals surface area contributed by atoms with Crippen LogP contribution in [0, 0.1) is 5.82 Å². The van der Waals surface area contributed by atoms with Crippen LogP contribution in [-0.2, 0) is 0 Å². The number of benzene rings is 2. The number of fused-ring (bicyclic) bond motifs is 1. The van der Waals surface area contributed by atoms with Crippen molar-refractivity contribution in [3.05, 3.63) is 47.5 Å². The van der Waals surface area contributed by atoms with Crippen LogP contribution in [0.2, 0.25) is 5.02 Å². The zero-order valence-corrected chi connectivity index (χ0v) is 19.9. The van der Waals surface area contributed by atoms with Crippen molar-refractivity contribution in [3.63, 3.8) is 0 Å². The minimum absolute atomic E-state index is 0.0445. The molecule has 0 amide bonds. The van der Waals surface area contributed by atoms with Gasteiger partial charge in [-0.1, -0.05) is 24.9 Å². The van der Waals surface area contributed by atoms with E-state index in [1.54, 1.807) is 13.2 Å². The Morgan fingerprint density at radius 3 is 2.85 bits per heavy atom. The summed E-state index contributed by atoms with van der Waals surface area (Å²) in [5.41, 5.74) is 1.34. The van der Waals surface area contributed by atoms with Crippen molar-refractivity contribution >= 4 is 34.0 Å². The van der Waals surface area contributed by atoms with Crippen molar-refractivity contribution in [2.45, 2.75) is 45.1 Å². The number of rotatable bonds is 9. The van der Waals surface area contributed by atoms with Gasteiger partial charge in [0.1, 0.15) is 18.0 Å². The predicted octanol–water partition coefficient (Wildman–Crippen LogP) is 6.21. The number of halogens is 2. The SMILES string of the molecule is CC[C@@H]1CCCCN1CCCOc1cc2c(Nc3ccc(F)c(Cl)c3)ncnc2cc1OC. The summed E-state index contributed by atoms with van der Waals surface area (Å²) in [6.07, 6.45) is 7.53. The molecule has 8 heteroatoms. The summed E-state index contributed by atoms with van der Waals surface area (Å²) in [5, 5.41) is 4.01. The van der Waals surface area contributed by atoms with Crippen LogP contribution < -0.4 is 14.8 Å². The van der Waals surface area contributed by atoms with E-state index < -0.39 is 5.82 Å². The first kappa shape index (κ1) is 23.5. The van der Waals surface area contributed by atoms with Gasteiger partial charge in [-0.15, -0.1) is 0 Å². The summed E-state index contributed by atoms with van der Waals surface area (Å²) in [4.78, 5) is 11.3. The lowest BCUT2D eigenvalue weighted by atomic mass is 10.00. The number of nitrogens with one attached hydrogen (secondary N) is 1. The van der Waals surface area contributed by atoms with Gasteiger partial charge < -0.3 is 19.7 Å². The summed E-state index contributed by atoms with van der Waals surface area (Å²) in [6, 6.07) is 8.87. The molecule has 1 fully saturated rings. The van der Waals surface area contributed by atoms with Gasteiger partial charge in [-0.25, -0.2) is 14.4 Å². The Morgan fingerprint density at radius 2 is 2.06 bits per heavy atom. The number of ether oxygens (including phenoxy) is 2. The molecule has 0 aliphatic carbocycles. The van der Waals surface area contributed by atoms with Gasteiger partial charge in [-0.3, -0.25) is 0 Å². The molecule has 0 spiro atoms. The number of hydrogen-bond donors (Lipinski definition) is 1. The van der Waals surface area contributed by atoms with Crippen molar-refractivity contribution in [3.8, 4) is 11.5 Å². The van der Waals surface area contributed by atoms with Gasteiger partial charge in [0.05, 0.1) is 24.3 Å². The number of hydrogen-bond acceptors (Lipinski definition) is 6. The number of methoxy groups -OCH3 is 1. The zero-order chi connectivity index (χ0) is 23.2. The summed E-state index contributed by atoms with van der Waals surface area (Å²) in [7, 11) is 1.62. The summed E-state index contributed by atoms with van der Waals surface area (Å²) < 4.78 is 25.2. The van der Waals surface area contributed by atoms with Gasteiger partial charge in [0.25, 0.3) is 0 Å². The Kier molecular flexibility index (Phi) is 7.83. The Labute approximate surface area is 199 Å². The van der Waals surface area contributed by atoms with Crippen molar-refractivity contribution in [2.24, 2.45) is 0 Å². The fraction of sp³-hybridized carbons (Fsp3) is 0.440. The third-order valence-electron chi connectivity index (χ3n) is 6.17. The Morgan fingerprint density at radius 1 is 1.18 bits per heavy atom. The first-order valence-corrected chi connectivity index (χ1v) is 11.9. The molecular weight excluding hydrogens is 443 g/mol. The second kappa shape index (κ2) is 11.0. The third-order valence-corrected chi connectivity index (χ3v) is 6.46. The highest BCUT2D eigenvalue weighted by Gasteiger charge is 2.20. The Bertz CT molecular complexity index is 1100. The summed E-state index contributed by atoms with van der Waals surface area (Å²) in [6.45, 7) is 5.08. The predicted molar refractivity (Wildman–Crippen MR) is 130 cm³/mol. The van der Waals surface area contributed by atoms with Gasteiger partial charge in [0, 0.05) is 29.7 Å². The molecule has 1 atom stereocenters.